The largest absolute Gasteiger partial charge is 0.454 e. The number of rotatable bonds is 6. The zero-order valence-electron chi connectivity index (χ0n) is 16.1. The monoisotopic (exact) mass is 422 g/mol. The zero-order valence-corrected chi connectivity index (χ0v) is 17.0. The van der Waals surface area contributed by atoms with E-state index in [0.29, 0.717) is 34.1 Å². The molecule has 2 aromatic carbocycles. The highest BCUT2D eigenvalue weighted by molar-refractivity contribution is 7.07. The van der Waals surface area contributed by atoms with Gasteiger partial charge in [0.05, 0.1) is 22.9 Å². The SMILES string of the molecule is C=CCN=c1scc(-c2cccc([N+](=O)[O-])c2)n1N=C(C)c1ccc2c(c1)OCO2. The molecule has 0 amide bonds. The van der Waals surface area contributed by atoms with Crippen molar-refractivity contribution in [3.8, 4) is 22.8 Å². The van der Waals surface area contributed by atoms with Crippen LogP contribution in [0.3, 0.4) is 0 Å². The molecule has 9 heteroatoms. The Bertz CT molecular complexity index is 1230. The van der Waals surface area contributed by atoms with Crippen LogP contribution in [-0.4, -0.2) is 28.6 Å². The van der Waals surface area contributed by atoms with Crippen LogP contribution in [0.4, 0.5) is 5.69 Å². The molecule has 0 saturated heterocycles. The molecule has 8 nitrogen and oxygen atoms in total. The van der Waals surface area contributed by atoms with Crippen molar-refractivity contribution in [2.45, 2.75) is 6.92 Å². The number of benzene rings is 2. The first-order valence-corrected chi connectivity index (χ1v) is 9.97. The van der Waals surface area contributed by atoms with Gasteiger partial charge >= 0.3 is 0 Å². The Labute approximate surface area is 176 Å². The molecule has 4 rings (SSSR count). The van der Waals surface area contributed by atoms with Crippen LogP contribution >= 0.6 is 11.3 Å². The second kappa shape index (κ2) is 8.34. The number of hydrogen-bond donors (Lipinski definition) is 0. The number of aromatic nitrogens is 1. The minimum atomic E-state index is -0.412. The van der Waals surface area contributed by atoms with Crippen molar-refractivity contribution in [3.05, 3.63) is 81.0 Å². The third kappa shape index (κ3) is 3.87. The molecule has 0 bridgehead atoms. The summed E-state index contributed by atoms with van der Waals surface area (Å²) < 4.78 is 12.5. The van der Waals surface area contributed by atoms with E-state index in [0.717, 1.165) is 11.3 Å². The maximum absolute atomic E-state index is 11.2. The molecule has 0 aliphatic carbocycles. The Morgan fingerprint density at radius 2 is 2.13 bits per heavy atom. The first kappa shape index (κ1) is 19.6. The summed E-state index contributed by atoms with van der Waals surface area (Å²) in [6, 6.07) is 12.1. The Hall–Kier alpha value is -3.72. The number of nitro benzene ring substituents is 1. The van der Waals surface area contributed by atoms with Crippen molar-refractivity contribution in [2.24, 2.45) is 10.1 Å². The van der Waals surface area contributed by atoms with E-state index in [1.807, 2.05) is 36.6 Å². The van der Waals surface area contributed by atoms with Gasteiger partial charge in [-0.15, -0.1) is 17.9 Å². The van der Waals surface area contributed by atoms with Crippen molar-refractivity contribution in [3.63, 3.8) is 0 Å². The molecular formula is C21H18N4O4S. The maximum atomic E-state index is 11.2. The lowest BCUT2D eigenvalue weighted by Gasteiger charge is -2.07. The van der Waals surface area contributed by atoms with Crippen LogP contribution in [0.15, 0.2) is 70.6 Å². The van der Waals surface area contributed by atoms with Gasteiger partial charge in [0.15, 0.2) is 11.5 Å². The first-order chi connectivity index (χ1) is 14.6. The van der Waals surface area contributed by atoms with Gasteiger partial charge in [-0.05, 0) is 25.1 Å². The number of non-ortho nitro benzene ring substituents is 1. The van der Waals surface area contributed by atoms with Crippen molar-refractivity contribution < 1.29 is 14.4 Å². The van der Waals surface area contributed by atoms with E-state index in [4.69, 9.17) is 14.6 Å². The average molecular weight is 422 g/mol. The van der Waals surface area contributed by atoms with Crippen LogP contribution in [-0.2, 0) is 0 Å². The van der Waals surface area contributed by atoms with Crippen molar-refractivity contribution in [1.29, 1.82) is 0 Å². The predicted molar refractivity (Wildman–Crippen MR) is 115 cm³/mol. The quantitative estimate of drug-likeness (QED) is 0.257. The maximum Gasteiger partial charge on any atom is 0.270 e. The summed E-state index contributed by atoms with van der Waals surface area (Å²) in [6.45, 7) is 6.24. The summed E-state index contributed by atoms with van der Waals surface area (Å²) in [5.41, 5.74) is 3.02. The zero-order chi connectivity index (χ0) is 21.1. The normalized spacial score (nSPS) is 13.5. The van der Waals surface area contributed by atoms with E-state index >= 15 is 0 Å². The molecule has 0 N–H and O–H groups in total. The van der Waals surface area contributed by atoms with Crippen LogP contribution in [0.2, 0.25) is 0 Å². The van der Waals surface area contributed by atoms with Crippen molar-refractivity contribution >= 4 is 22.7 Å². The lowest BCUT2D eigenvalue weighted by atomic mass is 10.1. The van der Waals surface area contributed by atoms with Gasteiger partial charge in [0.2, 0.25) is 11.6 Å². The molecule has 1 aliphatic rings. The molecule has 0 fully saturated rings. The standard InChI is InChI=1S/C21H18N4O4S/c1-3-9-22-21-24(18(12-30-21)16-5-4-6-17(10-16)25(26)27)23-14(2)15-7-8-19-20(11-15)29-13-28-19/h3-8,10-12H,1,9,13H2,2H3. The topological polar surface area (TPSA) is 91.2 Å². The summed E-state index contributed by atoms with van der Waals surface area (Å²) in [5.74, 6) is 1.38. The molecule has 30 heavy (non-hydrogen) atoms. The van der Waals surface area contributed by atoms with Gasteiger partial charge in [0, 0.05) is 28.6 Å². The highest BCUT2D eigenvalue weighted by Crippen LogP contribution is 2.33. The van der Waals surface area contributed by atoms with Gasteiger partial charge in [-0.2, -0.15) is 5.10 Å². The first-order valence-electron chi connectivity index (χ1n) is 9.09. The van der Waals surface area contributed by atoms with Crippen molar-refractivity contribution in [1.82, 2.24) is 4.68 Å². The lowest BCUT2D eigenvalue weighted by Crippen LogP contribution is -2.14. The molecule has 0 spiro atoms. The summed E-state index contributed by atoms with van der Waals surface area (Å²) >= 11 is 1.41. The van der Waals surface area contributed by atoms with Crippen LogP contribution < -0.4 is 14.3 Å². The number of hydrogen-bond acceptors (Lipinski definition) is 7. The molecule has 2 heterocycles. The molecule has 0 radical (unpaired) electrons. The van der Waals surface area contributed by atoms with E-state index in [1.165, 1.54) is 23.5 Å². The molecule has 3 aromatic rings. The Morgan fingerprint density at radius 3 is 2.93 bits per heavy atom. The predicted octanol–water partition coefficient (Wildman–Crippen LogP) is 4.21. The van der Waals surface area contributed by atoms with Crippen LogP contribution in [0.1, 0.15) is 12.5 Å². The summed E-state index contributed by atoms with van der Waals surface area (Å²) in [6.07, 6.45) is 1.70. The van der Waals surface area contributed by atoms with Gasteiger partial charge in [-0.1, -0.05) is 18.2 Å². The van der Waals surface area contributed by atoms with E-state index in [-0.39, 0.29) is 12.5 Å². The van der Waals surface area contributed by atoms with Crippen LogP contribution in [0.5, 0.6) is 11.5 Å². The third-order valence-electron chi connectivity index (χ3n) is 4.43. The smallest absolute Gasteiger partial charge is 0.270 e. The molecule has 0 unspecified atom stereocenters. The molecule has 1 aliphatic heterocycles. The molecular weight excluding hydrogens is 404 g/mol. The second-order valence-corrected chi connectivity index (χ2v) is 7.24. The molecule has 1 aromatic heterocycles. The number of ether oxygens (including phenoxy) is 2. The van der Waals surface area contributed by atoms with Crippen LogP contribution in [0, 0.1) is 10.1 Å². The summed E-state index contributed by atoms with van der Waals surface area (Å²) in [7, 11) is 0. The Balaban J connectivity index is 1.82. The second-order valence-electron chi connectivity index (χ2n) is 6.41. The van der Waals surface area contributed by atoms with E-state index in [9.17, 15) is 10.1 Å². The van der Waals surface area contributed by atoms with E-state index in [1.54, 1.807) is 16.8 Å². The van der Waals surface area contributed by atoms with Crippen molar-refractivity contribution in [2.75, 3.05) is 13.3 Å². The van der Waals surface area contributed by atoms with Gasteiger partial charge in [-0.3, -0.25) is 15.1 Å². The van der Waals surface area contributed by atoms with Gasteiger partial charge < -0.3 is 9.47 Å². The fourth-order valence-corrected chi connectivity index (χ4v) is 3.79. The summed E-state index contributed by atoms with van der Waals surface area (Å²) in [5, 5.41) is 17.8. The number of fused-ring (bicyclic) bond motifs is 1. The minimum absolute atomic E-state index is 0.0197. The number of thiazole rings is 1. The molecule has 0 saturated carbocycles. The van der Waals surface area contributed by atoms with Gasteiger partial charge in [-0.25, -0.2) is 4.68 Å². The lowest BCUT2D eigenvalue weighted by molar-refractivity contribution is -0.384. The highest BCUT2D eigenvalue weighted by Gasteiger charge is 2.16. The van der Waals surface area contributed by atoms with E-state index in [2.05, 4.69) is 11.6 Å². The van der Waals surface area contributed by atoms with Gasteiger partial charge in [0.25, 0.3) is 5.69 Å². The fourth-order valence-electron chi connectivity index (χ4n) is 2.95. The average Bonchev–Trinajstić information content (AvgIpc) is 3.38. The number of nitro groups is 1. The minimum Gasteiger partial charge on any atom is -0.454 e. The fraction of sp³-hybridized carbons (Fsp3) is 0.143. The Morgan fingerprint density at radius 1 is 1.30 bits per heavy atom. The molecule has 152 valence electrons. The highest BCUT2D eigenvalue weighted by atomic mass is 32.1. The Kier molecular flexibility index (Phi) is 5.44. The summed E-state index contributed by atoms with van der Waals surface area (Å²) in [4.78, 5) is 16.0. The molecule has 0 atom stereocenters. The third-order valence-corrected chi connectivity index (χ3v) is 5.29. The van der Waals surface area contributed by atoms with E-state index < -0.39 is 4.92 Å². The van der Waals surface area contributed by atoms with Crippen LogP contribution in [0.25, 0.3) is 11.3 Å². The van der Waals surface area contributed by atoms with Gasteiger partial charge in [0.1, 0.15) is 0 Å². The number of nitrogens with zero attached hydrogens (tertiary/aromatic N) is 4.